The van der Waals surface area contributed by atoms with Gasteiger partial charge in [0.15, 0.2) is 0 Å². The first-order valence-electron chi connectivity index (χ1n) is 9.23. The molecule has 0 amide bonds. The molecule has 1 aromatic heterocycles. The highest BCUT2D eigenvalue weighted by Gasteiger charge is 2.12. The molecule has 1 aliphatic heterocycles. The second-order valence-corrected chi connectivity index (χ2v) is 6.64. The van der Waals surface area contributed by atoms with E-state index in [1.165, 1.54) is 18.5 Å². The zero-order valence-electron chi connectivity index (χ0n) is 15.3. The smallest absolute Gasteiger partial charge is 0.335 e. The largest absolute Gasteiger partial charge is 0.478 e. The van der Waals surface area contributed by atoms with Gasteiger partial charge < -0.3 is 20.6 Å². The number of carboxylic acids is 1. The summed E-state index contributed by atoms with van der Waals surface area (Å²) in [5, 5.41) is 15.4. The molecular weight excluding hydrogens is 354 g/mol. The van der Waals surface area contributed by atoms with Crippen molar-refractivity contribution in [1.82, 2.24) is 9.97 Å². The molecule has 7 heteroatoms. The average Bonchev–Trinajstić information content (AvgIpc) is 3.24. The van der Waals surface area contributed by atoms with Crippen LogP contribution in [0, 0.1) is 0 Å². The van der Waals surface area contributed by atoms with Crippen LogP contribution < -0.4 is 15.5 Å². The standard InChI is InChI=1S/C21H21N5O2/c27-20(28)15-4-3-5-17(14-15)23-19-10-11-22-21(25-19)24-16-6-8-18(9-7-16)26-12-1-2-13-26/h3-11,14H,1-2,12-13H2,(H,27,28)(H2,22,23,24,25). The van der Waals surface area contributed by atoms with Crippen LogP contribution in [-0.4, -0.2) is 34.1 Å². The first kappa shape index (κ1) is 17.8. The fourth-order valence-corrected chi connectivity index (χ4v) is 3.23. The number of carboxylic acid groups (broad SMARTS) is 1. The van der Waals surface area contributed by atoms with Crippen LogP contribution in [0.5, 0.6) is 0 Å². The summed E-state index contributed by atoms with van der Waals surface area (Å²) in [6, 6.07) is 16.6. The maximum absolute atomic E-state index is 11.1. The van der Waals surface area contributed by atoms with E-state index in [1.54, 1.807) is 36.5 Å². The molecule has 3 aromatic rings. The SMILES string of the molecule is O=C(O)c1cccc(Nc2ccnc(Nc3ccc(N4CCCC4)cc3)n2)c1. The monoisotopic (exact) mass is 375 g/mol. The van der Waals surface area contributed by atoms with Gasteiger partial charge in [-0.15, -0.1) is 0 Å². The topological polar surface area (TPSA) is 90.4 Å². The lowest BCUT2D eigenvalue weighted by atomic mass is 10.2. The van der Waals surface area contributed by atoms with Gasteiger partial charge in [-0.25, -0.2) is 9.78 Å². The molecule has 0 bridgehead atoms. The molecule has 0 aliphatic carbocycles. The molecule has 0 spiro atoms. The molecule has 0 radical (unpaired) electrons. The van der Waals surface area contributed by atoms with Gasteiger partial charge in [-0.05, 0) is 61.4 Å². The van der Waals surface area contributed by atoms with Crippen molar-refractivity contribution in [3.05, 3.63) is 66.4 Å². The molecule has 2 heterocycles. The van der Waals surface area contributed by atoms with E-state index in [0.717, 1.165) is 18.8 Å². The predicted molar refractivity (Wildman–Crippen MR) is 110 cm³/mol. The normalized spacial score (nSPS) is 13.4. The lowest BCUT2D eigenvalue weighted by Gasteiger charge is -2.17. The molecule has 3 N–H and O–H groups in total. The van der Waals surface area contributed by atoms with E-state index in [9.17, 15) is 4.79 Å². The van der Waals surface area contributed by atoms with Crippen LogP contribution in [0.2, 0.25) is 0 Å². The third-order valence-corrected chi connectivity index (χ3v) is 4.63. The Hall–Kier alpha value is -3.61. The highest BCUT2D eigenvalue weighted by atomic mass is 16.4. The predicted octanol–water partition coefficient (Wildman–Crippen LogP) is 4.26. The summed E-state index contributed by atoms with van der Waals surface area (Å²) in [7, 11) is 0. The summed E-state index contributed by atoms with van der Waals surface area (Å²) >= 11 is 0. The third kappa shape index (κ3) is 4.20. The highest BCUT2D eigenvalue weighted by molar-refractivity contribution is 5.89. The Morgan fingerprint density at radius 2 is 1.75 bits per heavy atom. The van der Waals surface area contributed by atoms with Crippen LogP contribution in [-0.2, 0) is 0 Å². The van der Waals surface area contributed by atoms with E-state index in [-0.39, 0.29) is 5.56 Å². The van der Waals surface area contributed by atoms with Crippen LogP contribution >= 0.6 is 0 Å². The van der Waals surface area contributed by atoms with Crippen molar-refractivity contribution in [2.45, 2.75) is 12.8 Å². The van der Waals surface area contributed by atoms with Crippen LogP contribution in [0.25, 0.3) is 0 Å². The minimum absolute atomic E-state index is 0.218. The summed E-state index contributed by atoms with van der Waals surface area (Å²) in [6.45, 7) is 2.24. The molecular formula is C21H21N5O2. The maximum atomic E-state index is 11.1. The Morgan fingerprint density at radius 1 is 0.964 bits per heavy atom. The number of nitrogens with one attached hydrogen (secondary N) is 2. The zero-order chi connectivity index (χ0) is 19.3. The van der Waals surface area contributed by atoms with Gasteiger partial charge in [-0.2, -0.15) is 4.98 Å². The first-order valence-corrected chi connectivity index (χ1v) is 9.23. The van der Waals surface area contributed by atoms with E-state index in [1.807, 2.05) is 12.1 Å². The zero-order valence-corrected chi connectivity index (χ0v) is 15.3. The molecule has 7 nitrogen and oxygen atoms in total. The highest BCUT2D eigenvalue weighted by Crippen LogP contribution is 2.23. The molecule has 1 fully saturated rings. The number of aromatic nitrogens is 2. The Morgan fingerprint density at radius 3 is 2.50 bits per heavy atom. The van der Waals surface area contributed by atoms with Crippen molar-refractivity contribution in [3.63, 3.8) is 0 Å². The first-order chi connectivity index (χ1) is 13.7. The fraction of sp³-hybridized carbons (Fsp3) is 0.190. The molecule has 0 saturated carbocycles. The number of hydrogen-bond acceptors (Lipinski definition) is 6. The lowest BCUT2D eigenvalue weighted by Crippen LogP contribution is -2.17. The Bertz CT molecular complexity index is 969. The number of aromatic carboxylic acids is 1. The van der Waals surface area contributed by atoms with Crippen LogP contribution in [0.15, 0.2) is 60.8 Å². The van der Waals surface area contributed by atoms with E-state index in [0.29, 0.717) is 17.5 Å². The molecule has 0 unspecified atom stereocenters. The summed E-state index contributed by atoms with van der Waals surface area (Å²) < 4.78 is 0. The summed E-state index contributed by atoms with van der Waals surface area (Å²) in [4.78, 5) is 22.2. The molecule has 0 atom stereocenters. The second-order valence-electron chi connectivity index (χ2n) is 6.64. The molecule has 1 aliphatic rings. The van der Waals surface area contributed by atoms with Gasteiger partial charge in [0.1, 0.15) is 5.82 Å². The van der Waals surface area contributed by atoms with E-state index >= 15 is 0 Å². The molecule has 4 rings (SSSR count). The van der Waals surface area contributed by atoms with Crippen LogP contribution in [0.4, 0.5) is 28.8 Å². The average molecular weight is 375 g/mol. The number of hydrogen-bond donors (Lipinski definition) is 3. The van der Waals surface area contributed by atoms with Gasteiger partial charge in [-0.3, -0.25) is 0 Å². The van der Waals surface area contributed by atoms with Gasteiger partial charge in [0.25, 0.3) is 0 Å². The summed E-state index contributed by atoms with van der Waals surface area (Å²) in [5.74, 6) is 0.0770. The van der Waals surface area contributed by atoms with E-state index in [2.05, 4.69) is 37.6 Å². The van der Waals surface area contributed by atoms with Gasteiger partial charge >= 0.3 is 5.97 Å². The van der Waals surface area contributed by atoms with Crippen molar-refractivity contribution in [1.29, 1.82) is 0 Å². The minimum atomic E-state index is -0.967. The number of benzene rings is 2. The van der Waals surface area contributed by atoms with Crippen LogP contribution in [0.1, 0.15) is 23.2 Å². The number of carbonyl (C=O) groups is 1. The van der Waals surface area contributed by atoms with Gasteiger partial charge in [0, 0.05) is 36.3 Å². The third-order valence-electron chi connectivity index (χ3n) is 4.63. The minimum Gasteiger partial charge on any atom is -0.478 e. The van der Waals surface area contributed by atoms with E-state index in [4.69, 9.17) is 5.11 Å². The molecule has 2 aromatic carbocycles. The molecule has 1 saturated heterocycles. The van der Waals surface area contributed by atoms with Crippen molar-refractivity contribution in [2.24, 2.45) is 0 Å². The summed E-state index contributed by atoms with van der Waals surface area (Å²) in [6.07, 6.45) is 4.16. The van der Waals surface area contributed by atoms with Gasteiger partial charge in [0.2, 0.25) is 5.95 Å². The lowest BCUT2D eigenvalue weighted by molar-refractivity contribution is 0.0697. The van der Waals surface area contributed by atoms with Crippen molar-refractivity contribution >= 4 is 34.8 Å². The van der Waals surface area contributed by atoms with Crippen molar-refractivity contribution in [3.8, 4) is 0 Å². The second kappa shape index (κ2) is 7.96. The van der Waals surface area contributed by atoms with Gasteiger partial charge in [-0.1, -0.05) is 6.07 Å². The molecule has 142 valence electrons. The Balaban J connectivity index is 1.45. The maximum Gasteiger partial charge on any atom is 0.335 e. The van der Waals surface area contributed by atoms with Crippen molar-refractivity contribution in [2.75, 3.05) is 28.6 Å². The summed E-state index contributed by atoms with van der Waals surface area (Å²) in [5.41, 5.74) is 3.01. The number of nitrogens with zero attached hydrogens (tertiary/aromatic N) is 3. The quantitative estimate of drug-likeness (QED) is 0.593. The molecule has 28 heavy (non-hydrogen) atoms. The number of rotatable bonds is 6. The number of anilines is 5. The van der Waals surface area contributed by atoms with Gasteiger partial charge in [0.05, 0.1) is 5.56 Å². The van der Waals surface area contributed by atoms with E-state index < -0.39 is 5.97 Å². The van der Waals surface area contributed by atoms with Crippen molar-refractivity contribution < 1.29 is 9.90 Å². The van der Waals surface area contributed by atoms with Crippen LogP contribution in [0.3, 0.4) is 0 Å². The fourth-order valence-electron chi connectivity index (χ4n) is 3.23. The Labute approximate surface area is 163 Å². The Kier molecular flexibility index (Phi) is 5.05.